The lowest BCUT2D eigenvalue weighted by Gasteiger charge is -2.15. The minimum Gasteiger partial charge on any atom is -0.409 e. The van der Waals surface area contributed by atoms with E-state index >= 15 is 0 Å². The van der Waals surface area contributed by atoms with Gasteiger partial charge in [0.2, 0.25) is 0 Å². The molecule has 0 aliphatic heterocycles. The number of rotatable bonds is 6. The van der Waals surface area contributed by atoms with E-state index in [1.54, 1.807) is 18.3 Å². The number of nitrogens with one attached hydrogen (secondary N) is 1. The summed E-state index contributed by atoms with van der Waals surface area (Å²) in [5, 5.41) is 19.7. The average Bonchev–Trinajstić information content (AvgIpc) is 2.98. The van der Waals surface area contributed by atoms with Gasteiger partial charge in [0, 0.05) is 35.6 Å². The predicted molar refractivity (Wildman–Crippen MR) is 82.5 cm³/mol. The van der Waals surface area contributed by atoms with E-state index in [1.807, 2.05) is 23.0 Å². The van der Waals surface area contributed by atoms with Gasteiger partial charge in [0.1, 0.15) is 0 Å². The average molecular weight is 308 g/mol. The molecule has 1 atom stereocenters. The molecule has 2 aromatic rings. The highest BCUT2D eigenvalue weighted by Gasteiger charge is 2.07. The van der Waals surface area contributed by atoms with Gasteiger partial charge in [-0.1, -0.05) is 28.9 Å². The van der Waals surface area contributed by atoms with Crippen molar-refractivity contribution in [2.75, 3.05) is 0 Å². The summed E-state index contributed by atoms with van der Waals surface area (Å²) in [6.45, 7) is 3.50. The zero-order chi connectivity index (χ0) is 15.2. The van der Waals surface area contributed by atoms with E-state index in [1.165, 1.54) is 0 Å². The standard InChI is InChI=1S/C14H18ClN5O/c1-10(9-20-6-2-5-18-20)17-8-12-4-3-11(7-13(12)15)14(16)19-21/h2-7,10,17,21H,8-9H2,1H3,(H2,16,19). The van der Waals surface area contributed by atoms with Crippen LogP contribution in [0.25, 0.3) is 0 Å². The molecule has 0 amide bonds. The maximum Gasteiger partial charge on any atom is 0.170 e. The van der Waals surface area contributed by atoms with Gasteiger partial charge < -0.3 is 16.3 Å². The van der Waals surface area contributed by atoms with Crippen molar-refractivity contribution in [1.82, 2.24) is 15.1 Å². The Kier molecular flexibility index (Phi) is 5.19. The largest absolute Gasteiger partial charge is 0.409 e. The van der Waals surface area contributed by atoms with Crippen LogP contribution in [0, 0.1) is 0 Å². The van der Waals surface area contributed by atoms with E-state index in [-0.39, 0.29) is 11.9 Å². The van der Waals surface area contributed by atoms with Crippen LogP contribution < -0.4 is 11.1 Å². The molecule has 0 bridgehead atoms. The fourth-order valence-electron chi connectivity index (χ4n) is 1.95. The highest BCUT2D eigenvalue weighted by atomic mass is 35.5. The third-order valence-electron chi connectivity index (χ3n) is 3.12. The Balaban J connectivity index is 1.94. The van der Waals surface area contributed by atoms with Crippen molar-refractivity contribution in [3.8, 4) is 0 Å². The number of nitrogens with two attached hydrogens (primary N) is 1. The molecule has 21 heavy (non-hydrogen) atoms. The van der Waals surface area contributed by atoms with Gasteiger partial charge in [0.25, 0.3) is 0 Å². The molecule has 4 N–H and O–H groups in total. The number of hydrogen-bond donors (Lipinski definition) is 3. The van der Waals surface area contributed by atoms with E-state index < -0.39 is 0 Å². The predicted octanol–water partition coefficient (Wildman–Crippen LogP) is 1.81. The molecule has 0 saturated heterocycles. The molecule has 112 valence electrons. The van der Waals surface area contributed by atoms with Crippen LogP contribution in [0.3, 0.4) is 0 Å². The molecule has 2 rings (SSSR count). The summed E-state index contributed by atoms with van der Waals surface area (Å²) in [4.78, 5) is 0. The van der Waals surface area contributed by atoms with Crippen LogP contribution in [0.4, 0.5) is 0 Å². The number of halogens is 1. The third kappa shape index (κ3) is 4.21. The third-order valence-corrected chi connectivity index (χ3v) is 3.47. The van der Waals surface area contributed by atoms with Crippen molar-refractivity contribution in [2.24, 2.45) is 10.9 Å². The number of oxime groups is 1. The van der Waals surface area contributed by atoms with Crippen molar-refractivity contribution in [3.63, 3.8) is 0 Å². The molecule has 0 saturated carbocycles. The molecule has 1 unspecified atom stereocenters. The molecule has 1 aromatic heterocycles. The Labute approximate surface area is 128 Å². The minimum atomic E-state index is 0.0449. The van der Waals surface area contributed by atoms with Crippen molar-refractivity contribution in [3.05, 3.63) is 52.8 Å². The number of aromatic nitrogens is 2. The Morgan fingerprint density at radius 2 is 2.38 bits per heavy atom. The maximum absolute atomic E-state index is 8.65. The molecule has 1 aromatic carbocycles. The van der Waals surface area contributed by atoms with Gasteiger partial charge in [-0.25, -0.2) is 0 Å². The van der Waals surface area contributed by atoms with E-state index in [9.17, 15) is 0 Å². The van der Waals surface area contributed by atoms with E-state index in [0.29, 0.717) is 17.1 Å². The molecule has 7 heteroatoms. The SMILES string of the molecule is CC(Cn1cccn1)NCc1ccc(/C(N)=N/O)cc1Cl. The lowest BCUT2D eigenvalue weighted by atomic mass is 10.1. The first kappa shape index (κ1) is 15.3. The van der Waals surface area contributed by atoms with Gasteiger partial charge in [-0.3, -0.25) is 4.68 Å². The molecule has 1 heterocycles. The van der Waals surface area contributed by atoms with Crippen molar-refractivity contribution in [2.45, 2.75) is 26.1 Å². The van der Waals surface area contributed by atoms with Crippen molar-refractivity contribution >= 4 is 17.4 Å². The van der Waals surface area contributed by atoms with Gasteiger partial charge in [0.15, 0.2) is 5.84 Å². The summed E-state index contributed by atoms with van der Waals surface area (Å²) in [6, 6.07) is 7.48. The smallest absolute Gasteiger partial charge is 0.170 e. The van der Waals surface area contributed by atoms with Crippen LogP contribution in [0.2, 0.25) is 5.02 Å². The lowest BCUT2D eigenvalue weighted by molar-refractivity contribution is 0.318. The fraction of sp³-hybridized carbons (Fsp3) is 0.286. The fourth-order valence-corrected chi connectivity index (χ4v) is 2.19. The Hall–Kier alpha value is -2.05. The van der Waals surface area contributed by atoms with Crippen LogP contribution in [0.1, 0.15) is 18.1 Å². The minimum absolute atomic E-state index is 0.0449. The zero-order valence-electron chi connectivity index (χ0n) is 11.7. The topological polar surface area (TPSA) is 88.5 Å². The number of nitrogens with zero attached hydrogens (tertiary/aromatic N) is 3. The van der Waals surface area contributed by atoms with Gasteiger partial charge in [-0.2, -0.15) is 5.10 Å². The van der Waals surface area contributed by atoms with E-state index in [0.717, 1.165) is 12.1 Å². The lowest BCUT2D eigenvalue weighted by Crippen LogP contribution is -2.30. The molecular weight excluding hydrogens is 290 g/mol. The van der Waals surface area contributed by atoms with E-state index in [2.05, 4.69) is 22.5 Å². The monoisotopic (exact) mass is 307 g/mol. The highest BCUT2D eigenvalue weighted by molar-refractivity contribution is 6.31. The molecular formula is C14H18ClN5O. The summed E-state index contributed by atoms with van der Waals surface area (Å²) < 4.78 is 1.88. The zero-order valence-corrected chi connectivity index (χ0v) is 12.5. The quantitative estimate of drug-likeness (QED) is 0.329. The molecule has 0 fully saturated rings. The van der Waals surface area contributed by atoms with E-state index in [4.69, 9.17) is 22.5 Å². The van der Waals surface area contributed by atoms with Crippen LogP contribution in [-0.4, -0.2) is 26.9 Å². The Morgan fingerprint density at radius 1 is 1.57 bits per heavy atom. The van der Waals surface area contributed by atoms with Crippen LogP contribution in [0.5, 0.6) is 0 Å². The number of amidine groups is 1. The molecule has 0 spiro atoms. The van der Waals surface area contributed by atoms with Crippen LogP contribution >= 0.6 is 11.6 Å². The Bertz CT molecular complexity index is 612. The van der Waals surface area contributed by atoms with Gasteiger partial charge in [-0.15, -0.1) is 0 Å². The molecule has 0 aliphatic rings. The second-order valence-corrected chi connectivity index (χ2v) is 5.21. The summed E-state index contributed by atoms with van der Waals surface area (Å²) in [5.41, 5.74) is 7.08. The number of benzene rings is 1. The first-order chi connectivity index (χ1) is 10.1. The molecule has 0 aliphatic carbocycles. The maximum atomic E-state index is 8.65. The summed E-state index contributed by atoms with van der Waals surface area (Å²) in [6.07, 6.45) is 3.69. The summed E-state index contributed by atoms with van der Waals surface area (Å²) >= 11 is 6.21. The molecule has 6 nitrogen and oxygen atoms in total. The van der Waals surface area contributed by atoms with Crippen LogP contribution in [-0.2, 0) is 13.1 Å². The van der Waals surface area contributed by atoms with Gasteiger partial charge in [-0.05, 0) is 24.6 Å². The summed E-state index contributed by atoms with van der Waals surface area (Å²) in [7, 11) is 0. The van der Waals surface area contributed by atoms with Crippen LogP contribution in [0.15, 0.2) is 41.8 Å². The second kappa shape index (κ2) is 7.10. The first-order valence-electron chi connectivity index (χ1n) is 6.57. The Morgan fingerprint density at radius 3 is 3.00 bits per heavy atom. The van der Waals surface area contributed by atoms with Gasteiger partial charge >= 0.3 is 0 Å². The second-order valence-electron chi connectivity index (χ2n) is 4.80. The van der Waals surface area contributed by atoms with Crippen molar-refractivity contribution < 1.29 is 5.21 Å². The normalized spacial score (nSPS) is 13.3. The summed E-state index contributed by atoms with van der Waals surface area (Å²) in [5.74, 6) is 0.0449. The van der Waals surface area contributed by atoms with Crippen molar-refractivity contribution in [1.29, 1.82) is 0 Å². The first-order valence-corrected chi connectivity index (χ1v) is 6.95. The highest BCUT2D eigenvalue weighted by Crippen LogP contribution is 2.18. The molecule has 0 radical (unpaired) electrons. The van der Waals surface area contributed by atoms with Gasteiger partial charge in [0.05, 0.1) is 6.54 Å². The number of hydrogen-bond acceptors (Lipinski definition) is 4.